The zero-order valence-corrected chi connectivity index (χ0v) is 11.9. The molecule has 0 aliphatic carbocycles. The fourth-order valence-electron chi connectivity index (χ4n) is 1.79. The lowest BCUT2D eigenvalue weighted by Gasteiger charge is -2.01. The van der Waals surface area contributed by atoms with Gasteiger partial charge in [0.2, 0.25) is 0 Å². The molecular formula is C13H12F2N2O3S. The molecule has 0 aliphatic rings. The number of aromatic nitrogens is 2. The molecule has 0 N–H and O–H groups in total. The number of sulfone groups is 1. The van der Waals surface area contributed by atoms with Gasteiger partial charge >= 0.3 is 0 Å². The Morgan fingerprint density at radius 1 is 1.33 bits per heavy atom. The normalized spacial score (nSPS) is 11.6. The summed E-state index contributed by atoms with van der Waals surface area (Å²) in [7, 11) is -3.18. The third-order valence-electron chi connectivity index (χ3n) is 2.79. The maximum atomic E-state index is 13.7. The summed E-state index contributed by atoms with van der Waals surface area (Å²) >= 11 is 0. The van der Waals surface area contributed by atoms with Crippen LogP contribution in [0.2, 0.25) is 0 Å². The minimum absolute atomic E-state index is 0.0170. The van der Waals surface area contributed by atoms with Crippen LogP contribution >= 0.6 is 0 Å². The average Bonchev–Trinajstić information content (AvgIpc) is 2.79. The highest BCUT2D eigenvalue weighted by Crippen LogP contribution is 2.24. The van der Waals surface area contributed by atoms with E-state index in [2.05, 4.69) is 5.10 Å². The average molecular weight is 314 g/mol. The van der Waals surface area contributed by atoms with Crippen LogP contribution in [-0.2, 0) is 16.4 Å². The Bertz CT molecular complexity index is 785. The van der Waals surface area contributed by atoms with Gasteiger partial charge < -0.3 is 0 Å². The van der Waals surface area contributed by atoms with Gasteiger partial charge in [0.25, 0.3) is 0 Å². The van der Waals surface area contributed by atoms with Crippen molar-refractivity contribution >= 4 is 16.1 Å². The highest BCUT2D eigenvalue weighted by Gasteiger charge is 2.15. The second-order valence-electron chi connectivity index (χ2n) is 4.57. The molecular weight excluding hydrogens is 302 g/mol. The second kappa shape index (κ2) is 5.72. The maximum absolute atomic E-state index is 13.7. The molecule has 0 amide bonds. The molecule has 0 radical (unpaired) electrons. The molecule has 1 aromatic carbocycles. The summed E-state index contributed by atoms with van der Waals surface area (Å²) in [5.74, 6) is -1.73. The second-order valence-corrected chi connectivity index (χ2v) is 6.83. The number of hydrogen-bond donors (Lipinski definition) is 0. The molecule has 0 unspecified atom stereocenters. The largest absolute Gasteiger partial charge is 0.298 e. The van der Waals surface area contributed by atoms with Crippen LogP contribution in [0.25, 0.3) is 11.3 Å². The third-order valence-corrected chi connectivity index (χ3v) is 3.72. The molecule has 5 nitrogen and oxygen atoms in total. The molecule has 1 heterocycles. The monoisotopic (exact) mass is 314 g/mol. The highest BCUT2D eigenvalue weighted by atomic mass is 32.2. The fourth-order valence-corrected chi connectivity index (χ4v) is 2.31. The number of carbonyl (C=O) groups excluding carboxylic acids is 1. The Balaban J connectivity index is 2.39. The first-order valence-corrected chi connectivity index (χ1v) is 8.02. The number of rotatable bonds is 5. The van der Waals surface area contributed by atoms with Gasteiger partial charge in [0.1, 0.15) is 27.2 Å². The minimum Gasteiger partial charge on any atom is -0.298 e. The lowest BCUT2D eigenvalue weighted by molar-refractivity contribution is 0.112. The first-order chi connectivity index (χ1) is 9.80. The van der Waals surface area contributed by atoms with Crippen LogP contribution in [0.3, 0.4) is 0 Å². The topological polar surface area (TPSA) is 69.0 Å². The van der Waals surface area contributed by atoms with Gasteiger partial charge in [-0.15, -0.1) is 0 Å². The van der Waals surface area contributed by atoms with E-state index in [9.17, 15) is 22.0 Å². The van der Waals surface area contributed by atoms with Crippen molar-refractivity contribution in [3.8, 4) is 11.3 Å². The van der Waals surface area contributed by atoms with Crippen molar-refractivity contribution in [1.82, 2.24) is 9.78 Å². The first-order valence-electron chi connectivity index (χ1n) is 5.96. The van der Waals surface area contributed by atoms with E-state index in [0.717, 1.165) is 12.3 Å². The van der Waals surface area contributed by atoms with Gasteiger partial charge in [-0.1, -0.05) is 0 Å². The Morgan fingerprint density at radius 3 is 2.62 bits per heavy atom. The van der Waals surface area contributed by atoms with E-state index in [4.69, 9.17) is 0 Å². The molecule has 0 fully saturated rings. The summed E-state index contributed by atoms with van der Waals surface area (Å²) in [5.41, 5.74) is 0.140. The molecule has 0 spiro atoms. The molecule has 8 heteroatoms. The van der Waals surface area contributed by atoms with Crippen LogP contribution in [0.1, 0.15) is 10.4 Å². The predicted octanol–water partition coefficient (Wildman–Crippen LogP) is 1.69. The molecule has 1 aromatic heterocycles. The van der Waals surface area contributed by atoms with Crippen LogP contribution < -0.4 is 0 Å². The number of hydrogen-bond acceptors (Lipinski definition) is 4. The van der Waals surface area contributed by atoms with E-state index >= 15 is 0 Å². The van der Waals surface area contributed by atoms with E-state index in [-0.39, 0.29) is 29.1 Å². The Kier molecular flexibility index (Phi) is 4.17. The Hall–Kier alpha value is -2.09. The van der Waals surface area contributed by atoms with Gasteiger partial charge in [-0.2, -0.15) is 5.10 Å². The van der Waals surface area contributed by atoms with Gasteiger partial charge in [0.05, 0.1) is 17.9 Å². The summed E-state index contributed by atoms with van der Waals surface area (Å²) < 4.78 is 50.1. The fraction of sp³-hybridized carbons (Fsp3) is 0.231. The van der Waals surface area contributed by atoms with Crippen molar-refractivity contribution in [3.05, 3.63) is 41.6 Å². The molecule has 0 saturated heterocycles. The van der Waals surface area contributed by atoms with Crippen molar-refractivity contribution < 1.29 is 22.0 Å². The molecule has 0 aliphatic heterocycles. The number of carbonyl (C=O) groups is 1. The molecule has 0 saturated carbocycles. The van der Waals surface area contributed by atoms with Crippen LogP contribution in [-0.4, -0.2) is 36.5 Å². The van der Waals surface area contributed by atoms with E-state index in [0.29, 0.717) is 12.4 Å². The molecule has 2 rings (SSSR count). The predicted molar refractivity (Wildman–Crippen MR) is 72.7 cm³/mol. The summed E-state index contributed by atoms with van der Waals surface area (Å²) in [6.07, 6.45) is 2.90. The molecule has 21 heavy (non-hydrogen) atoms. The number of aryl methyl sites for hydroxylation is 1. The number of benzene rings is 1. The smallest absolute Gasteiger partial charge is 0.153 e. The summed E-state index contributed by atoms with van der Waals surface area (Å²) in [6, 6.07) is 2.93. The first kappa shape index (κ1) is 15.3. The molecule has 2 aromatic rings. The van der Waals surface area contributed by atoms with Crippen LogP contribution in [0.4, 0.5) is 8.78 Å². The standard InChI is InChI=1S/C13H12F2N2O3S/c1-21(19,20)5-4-17-7-9(8-18)13(16-17)11-3-2-10(14)6-12(11)15/h2-3,6-8H,4-5H2,1H3. The van der Waals surface area contributed by atoms with Crippen molar-refractivity contribution in [1.29, 1.82) is 0 Å². The maximum Gasteiger partial charge on any atom is 0.153 e. The van der Waals surface area contributed by atoms with E-state index in [1.165, 1.54) is 16.9 Å². The van der Waals surface area contributed by atoms with E-state index in [1.54, 1.807) is 0 Å². The van der Waals surface area contributed by atoms with Crippen molar-refractivity contribution in [2.75, 3.05) is 12.0 Å². The van der Waals surface area contributed by atoms with Gasteiger partial charge in [-0.25, -0.2) is 17.2 Å². The lowest BCUT2D eigenvalue weighted by Crippen LogP contribution is -2.11. The molecule has 0 atom stereocenters. The summed E-state index contributed by atoms with van der Waals surface area (Å²) in [4.78, 5) is 11.0. The van der Waals surface area contributed by atoms with E-state index in [1.807, 2.05) is 0 Å². The highest BCUT2D eigenvalue weighted by molar-refractivity contribution is 7.90. The van der Waals surface area contributed by atoms with Crippen LogP contribution in [0.5, 0.6) is 0 Å². The van der Waals surface area contributed by atoms with Crippen LogP contribution in [0.15, 0.2) is 24.4 Å². The Morgan fingerprint density at radius 2 is 2.05 bits per heavy atom. The minimum atomic E-state index is -3.18. The number of nitrogens with zero attached hydrogens (tertiary/aromatic N) is 2. The number of aldehydes is 1. The van der Waals surface area contributed by atoms with Crippen molar-refractivity contribution in [2.45, 2.75) is 6.54 Å². The van der Waals surface area contributed by atoms with Gasteiger partial charge in [0.15, 0.2) is 6.29 Å². The quantitative estimate of drug-likeness (QED) is 0.788. The van der Waals surface area contributed by atoms with Gasteiger partial charge in [-0.05, 0) is 12.1 Å². The van der Waals surface area contributed by atoms with Crippen molar-refractivity contribution in [3.63, 3.8) is 0 Å². The lowest BCUT2D eigenvalue weighted by atomic mass is 10.1. The van der Waals surface area contributed by atoms with Gasteiger partial charge in [0, 0.05) is 24.1 Å². The third kappa shape index (κ3) is 3.72. The summed E-state index contributed by atoms with van der Waals surface area (Å²) in [5, 5.41) is 4.00. The molecule has 0 bridgehead atoms. The van der Waals surface area contributed by atoms with E-state index < -0.39 is 21.5 Å². The summed E-state index contributed by atoms with van der Waals surface area (Å²) in [6.45, 7) is 0.0441. The zero-order valence-electron chi connectivity index (χ0n) is 11.1. The SMILES string of the molecule is CS(=O)(=O)CCn1cc(C=O)c(-c2ccc(F)cc2F)n1. The van der Waals surface area contributed by atoms with Gasteiger partial charge in [-0.3, -0.25) is 9.48 Å². The number of halogens is 2. The Labute approximate surface area is 120 Å². The van der Waals surface area contributed by atoms with Crippen LogP contribution in [0, 0.1) is 11.6 Å². The molecule has 112 valence electrons. The van der Waals surface area contributed by atoms with Crippen molar-refractivity contribution in [2.24, 2.45) is 0 Å². The zero-order chi connectivity index (χ0) is 15.6.